The third-order valence-corrected chi connectivity index (χ3v) is 4.41. The number of nitrogens with zero attached hydrogens (tertiary/aromatic N) is 2. The largest absolute Gasteiger partial charge is 0.383 e. The molecule has 0 aliphatic carbocycles. The number of hydrogen-bond donors (Lipinski definition) is 2. The van der Waals surface area contributed by atoms with E-state index in [2.05, 4.69) is 16.9 Å². The van der Waals surface area contributed by atoms with Crippen molar-refractivity contribution < 1.29 is 0 Å². The quantitative estimate of drug-likeness (QED) is 0.334. The van der Waals surface area contributed by atoms with E-state index in [4.69, 9.17) is 11.5 Å². The SMILES string of the molecule is CCCCCCCCCCCCSc1nc(N)cc(N)n1. The molecule has 4 nitrogen and oxygen atoms in total. The van der Waals surface area contributed by atoms with Gasteiger partial charge in [0.15, 0.2) is 5.16 Å². The fourth-order valence-corrected chi connectivity index (χ4v) is 3.15. The molecule has 5 heteroatoms. The number of hydrogen-bond acceptors (Lipinski definition) is 5. The summed E-state index contributed by atoms with van der Waals surface area (Å²) in [5.74, 6) is 1.94. The van der Waals surface area contributed by atoms with Crippen LogP contribution in [0, 0.1) is 0 Å². The minimum atomic E-state index is 0.452. The standard InChI is InChI=1S/C16H30N4S/c1-2-3-4-5-6-7-8-9-10-11-12-21-16-19-14(17)13-15(18)20-16/h13H,2-12H2,1H3,(H4,17,18,19,20). The lowest BCUT2D eigenvalue weighted by atomic mass is 10.1. The van der Waals surface area contributed by atoms with Crippen LogP contribution in [0.3, 0.4) is 0 Å². The van der Waals surface area contributed by atoms with Gasteiger partial charge in [0.1, 0.15) is 11.6 Å². The fraction of sp³-hybridized carbons (Fsp3) is 0.750. The summed E-state index contributed by atoms with van der Waals surface area (Å²) in [5, 5.41) is 0.698. The van der Waals surface area contributed by atoms with Crippen LogP contribution in [0.1, 0.15) is 71.1 Å². The van der Waals surface area contributed by atoms with E-state index in [9.17, 15) is 0 Å². The number of aromatic nitrogens is 2. The Balaban J connectivity index is 1.93. The normalized spacial score (nSPS) is 10.9. The molecule has 0 aliphatic rings. The molecule has 4 N–H and O–H groups in total. The molecule has 0 radical (unpaired) electrons. The van der Waals surface area contributed by atoms with E-state index in [1.807, 2.05) is 0 Å². The first-order valence-corrected chi connectivity index (χ1v) is 9.23. The molecule has 0 aliphatic heterocycles. The van der Waals surface area contributed by atoms with Crippen LogP contribution in [0.25, 0.3) is 0 Å². The van der Waals surface area contributed by atoms with Gasteiger partial charge in [-0.05, 0) is 6.42 Å². The van der Waals surface area contributed by atoms with E-state index in [1.165, 1.54) is 64.2 Å². The van der Waals surface area contributed by atoms with Gasteiger partial charge in [0.05, 0.1) is 0 Å². The van der Waals surface area contributed by atoms with Crippen molar-refractivity contribution in [2.24, 2.45) is 0 Å². The van der Waals surface area contributed by atoms with E-state index >= 15 is 0 Å². The van der Waals surface area contributed by atoms with E-state index in [0.717, 1.165) is 5.75 Å². The average molecular weight is 311 g/mol. The highest BCUT2D eigenvalue weighted by Gasteiger charge is 2.01. The highest BCUT2D eigenvalue weighted by atomic mass is 32.2. The maximum absolute atomic E-state index is 5.64. The molecular formula is C16H30N4S. The molecule has 1 heterocycles. The van der Waals surface area contributed by atoms with Gasteiger partial charge in [0.2, 0.25) is 0 Å². The first-order chi connectivity index (χ1) is 10.2. The van der Waals surface area contributed by atoms with Gasteiger partial charge in [0, 0.05) is 11.8 Å². The highest BCUT2D eigenvalue weighted by Crippen LogP contribution is 2.18. The molecule has 1 aromatic rings. The van der Waals surface area contributed by atoms with Gasteiger partial charge < -0.3 is 11.5 Å². The minimum absolute atomic E-state index is 0.452. The summed E-state index contributed by atoms with van der Waals surface area (Å²) in [4.78, 5) is 8.33. The predicted molar refractivity (Wildman–Crippen MR) is 93.4 cm³/mol. The van der Waals surface area contributed by atoms with E-state index in [1.54, 1.807) is 17.8 Å². The Hall–Kier alpha value is -0.970. The molecular weight excluding hydrogens is 280 g/mol. The molecule has 0 spiro atoms. The monoisotopic (exact) mass is 310 g/mol. The van der Waals surface area contributed by atoms with Crippen LogP contribution in [-0.4, -0.2) is 15.7 Å². The van der Waals surface area contributed by atoms with Crippen molar-refractivity contribution in [1.82, 2.24) is 9.97 Å². The Labute approximate surface area is 133 Å². The number of nitrogen functional groups attached to an aromatic ring is 2. The first kappa shape index (κ1) is 18.1. The summed E-state index contributed by atoms with van der Waals surface area (Å²) in [7, 11) is 0. The van der Waals surface area contributed by atoms with Crippen molar-refractivity contribution in [3.8, 4) is 0 Å². The van der Waals surface area contributed by atoms with Crippen LogP contribution < -0.4 is 11.5 Å². The molecule has 0 unspecified atom stereocenters. The summed E-state index contributed by atoms with van der Waals surface area (Å²) in [6.07, 6.45) is 13.6. The smallest absolute Gasteiger partial charge is 0.191 e. The summed E-state index contributed by atoms with van der Waals surface area (Å²) in [6, 6.07) is 1.59. The molecule has 1 rings (SSSR count). The van der Waals surface area contributed by atoms with Crippen LogP contribution in [-0.2, 0) is 0 Å². The molecule has 21 heavy (non-hydrogen) atoms. The topological polar surface area (TPSA) is 77.8 Å². The Kier molecular flexibility index (Phi) is 10.0. The lowest BCUT2D eigenvalue weighted by molar-refractivity contribution is 0.563. The molecule has 0 saturated carbocycles. The van der Waals surface area contributed by atoms with Gasteiger partial charge >= 0.3 is 0 Å². The fourth-order valence-electron chi connectivity index (χ4n) is 2.28. The van der Waals surface area contributed by atoms with Crippen LogP contribution in [0.2, 0.25) is 0 Å². The Bertz CT molecular complexity index is 364. The van der Waals surface area contributed by atoms with Gasteiger partial charge in [0.25, 0.3) is 0 Å². The molecule has 120 valence electrons. The summed E-state index contributed by atoms with van der Waals surface area (Å²) in [6.45, 7) is 2.27. The summed E-state index contributed by atoms with van der Waals surface area (Å²) in [5.41, 5.74) is 11.3. The predicted octanol–water partition coefficient (Wildman–Crippen LogP) is 4.65. The van der Waals surface area contributed by atoms with Crippen LogP contribution >= 0.6 is 11.8 Å². The molecule has 0 fully saturated rings. The maximum Gasteiger partial charge on any atom is 0.191 e. The van der Waals surface area contributed by atoms with E-state index < -0.39 is 0 Å². The first-order valence-electron chi connectivity index (χ1n) is 8.25. The molecule has 0 saturated heterocycles. The van der Waals surface area contributed by atoms with Crippen molar-refractivity contribution >= 4 is 23.4 Å². The summed E-state index contributed by atoms with van der Waals surface area (Å²) < 4.78 is 0. The zero-order chi connectivity index (χ0) is 15.3. The lowest BCUT2D eigenvalue weighted by Crippen LogP contribution is -1.99. The van der Waals surface area contributed by atoms with Crippen LogP contribution in [0.15, 0.2) is 11.2 Å². The van der Waals surface area contributed by atoms with E-state index in [-0.39, 0.29) is 0 Å². The number of nitrogens with two attached hydrogens (primary N) is 2. The molecule has 0 atom stereocenters. The lowest BCUT2D eigenvalue weighted by Gasteiger charge is -2.03. The van der Waals surface area contributed by atoms with Gasteiger partial charge in [-0.3, -0.25) is 0 Å². The van der Waals surface area contributed by atoms with E-state index in [0.29, 0.717) is 16.8 Å². The third kappa shape index (κ3) is 9.56. The highest BCUT2D eigenvalue weighted by molar-refractivity contribution is 7.99. The van der Waals surface area contributed by atoms with Gasteiger partial charge in [-0.15, -0.1) is 0 Å². The van der Waals surface area contributed by atoms with Crippen molar-refractivity contribution in [3.05, 3.63) is 6.07 Å². The van der Waals surface area contributed by atoms with Gasteiger partial charge in [-0.2, -0.15) is 0 Å². The molecule has 0 bridgehead atoms. The molecule has 1 aromatic heterocycles. The number of anilines is 2. The van der Waals surface area contributed by atoms with Gasteiger partial charge in [-0.1, -0.05) is 76.5 Å². The van der Waals surface area contributed by atoms with Crippen molar-refractivity contribution in [3.63, 3.8) is 0 Å². The van der Waals surface area contributed by atoms with Gasteiger partial charge in [-0.25, -0.2) is 9.97 Å². The summed E-state index contributed by atoms with van der Waals surface area (Å²) >= 11 is 1.64. The number of unbranched alkanes of at least 4 members (excludes halogenated alkanes) is 9. The van der Waals surface area contributed by atoms with Crippen LogP contribution in [0.5, 0.6) is 0 Å². The second-order valence-corrected chi connectivity index (χ2v) is 6.59. The number of thioether (sulfide) groups is 1. The molecule has 0 amide bonds. The zero-order valence-corrected chi connectivity index (χ0v) is 14.1. The number of rotatable bonds is 12. The molecule has 0 aromatic carbocycles. The van der Waals surface area contributed by atoms with Crippen molar-refractivity contribution in [2.75, 3.05) is 17.2 Å². The Morgan fingerprint density at radius 3 is 1.81 bits per heavy atom. The zero-order valence-electron chi connectivity index (χ0n) is 13.3. The minimum Gasteiger partial charge on any atom is -0.383 e. The Morgan fingerprint density at radius 2 is 1.29 bits per heavy atom. The van der Waals surface area contributed by atoms with Crippen molar-refractivity contribution in [2.45, 2.75) is 76.3 Å². The van der Waals surface area contributed by atoms with Crippen LogP contribution in [0.4, 0.5) is 11.6 Å². The second-order valence-electron chi connectivity index (χ2n) is 5.53. The average Bonchev–Trinajstić information content (AvgIpc) is 2.44. The van der Waals surface area contributed by atoms with Crippen molar-refractivity contribution in [1.29, 1.82) is 0 Å². The Morgan fingerprint density at radius 1 is 0.810 bits per heavy atom. The third-order valence-electron chi connectivity index (χ3n) is 3.47. The maximum atomic E-state index is 5.64. The second kappa shape index (κ2) is 11.7.